The summed E-state index contributed by atoms with van der Waals surface area (Å²) in [5, 5.41) is 5.29. The van der Waals surface area contributed by atoms with Crippen molar-refractivity contribution in [2.45, 2.75) is 6.92 Å². The van der Waals surface area contributed by atoms with E-state index < -0.39 is 6.09 Å². The number of carbonyl (C=O) groups excluding carboxylic acids is 1. The zero-order valence-corrected chi connectivity index (χ0v) is 12.4. The van der Waals surface area contributed by atoms with Crippen LogP contribution in [0, 0.1) is 3.70 Å². The molecule has 1 amide bonds. The number of anilines is 1. The molecule has 1 aromatic heterocycles. The molecule has 0 unspecified atom stereocenters. The van der Waals surface area contributed by atoms with Gasteiger partial charge in [0, 0.05) is 0 Å². The Morgan fingerprint density at radius 3 is 3.00 bits per heavy atom. The fraction of sp³-hybridized carbons (Fsp3) is 0.250. The molecule has 9 heteroatoms. The average molecular weight is 387 g/mol. The minimum absolute atomic E-state index is 0.0648. The van der Waals surface area contributed by atoms with Crippen molar-refractivity contribution < 1.29 is 9.53 Å². The number of carbonyl (C=O) groups is 1. The third-order valence-electron chi connectivity index (χ3n) is 1.42. The molecule has 0 aliphatic carbocycles. The highest BCUT2D eigenvalue weighted by molar-refractivity contribution is 14.1. The van der Waals surface area contributed by atoms with Gasteiger partial charge in [0.05, 0.1) is 12.8 Å². The van der Waals surface area contributed by atoms with Gasteiger partial charge in [-0.2, -0.15) is 0 Å². The number of halogens is 2. The van der Waals surface area contributed by atoms with Crippen molar-refractivity contribution in [3.05, 3.63) is 15.1 Å². The molecule has 0 saturated heterocycles. The van der Waals surface area contributed by atoms with Crippen molar-refractivity contribution >= 4 is 63.4 Å². The first-order valence-electron chi connectivity index (χ1n) is 4.45. The normalized spacial score (nSPS) is 9.59. The summed E-state index contributed by atoms with van der Waals surface area (Å²) >= 11 is 12.6. The maximum Gasteiger partial charge on any atom is 0.413 e. The van der Waals surface area contributed by atoms with Crippen LogP contribution in [0.3, 0.4) is 0 Å². The van der Waals surface area contributed by atoms with E-state index in [1.807, 2.05) is 22.6 Å². The molecule has 0 aliphatic rings. The summed E-state index contributed by atoms with van der Waals surface area (Å²) in [5.74, 6) is 0.345. The number of hydrogen-bond donors (Lipinski definition) is 2. The number of nitrogens with one attached hydrogen (secondary N) is 2. The third-order valence-corrected chi connectivity index (χ3v) is 3.00. The summed E-state index contributed by atoms with van der Waals surface area (Å²) in [4.78, 5) is 19.0. The summed E-state index contributed by atoms with van der Waals surface area (Å²) in [6, 6.07) is 0. The third kappa shape index (κ3) is 4.96. The Labute approximate surface area is 122 Å². The standard InChI is InChI=1S/C8H8ClIN4O2S/c1-2-16-8(15)14-7(17)13-4-3-11-6(10)5(9)12-4/h3H,2H2,1H3,(H2,12,13,14,15,17). The van der Waals surface area contributed by atoms with Crippen molar-refractivity contribution in [1.82, 2.24) is 15.3 Å². The van der Waals surface area contributed by atoms with Gasteiger partial charge in [-0.25, -0.2) is 14.8 Å². The first-order valence-corrected chi connectivity index (χ1v) is 6.32. The number of rotatable bonds is 2. The Morgan fingerprint density at radius 2 is 2.41 bits per heavy atom. The molecule has 1 heterocycles. The van der Waals surface area contributed by atoms with Crippen molar-refractivity contribution in [2.75, 3.05) is 11.9 Å². The van der Waals surface area contributed by atoms with Crippen LogP contribution in [0.1, 0.15) is 6.92 Å². The van der Waals surface area contributed by atoms with Crippen molar-refractivity contribution in [1.29, 1.82) is 0 Å². The lowest BCUT2D eigenvalue weighted by atomic mass is 10.6. The molecule has 0 aromatic carbocycles. The molecule has 17 heavy (non-hydrogen) atoms. The summed E-state index contributed by atoms with van der Waals surface area (Å²) < 4.78 is 5.23. The van der Waals surface area contributed by atoms with Crippen LogP contribution in [0.15, 0.2) is 6.20 Å². The monoisotopic (exact) mass is 386 g/mol. The van der Waals surface area contributed by atoms with Crippen LogP contribution < -0.4 is 10.6 Å². The van der Waals surface area contributed by atoms with Gasteiger partial charge in [0.25, 0.3) is 0 Å². The van der Waals surface area contributed by atoms with E-state index >= 15 is 0 Å². The Bertz CT molecular complexity index is 446. The molecular weight excluding hydrogens is 379 g/mol. The van der Waals surface area contributed by atoms with E-state index in [-0.39, 0.29) is 16.9 Å². The van der Waals surface area contributed by atoms with E-state index in [0.29, 0.717) is 9.52 Å². The Balaban J connectivity index is 2.56. The second-order valence-corrected chi connectivity index (χ2v) is 4.42. The molecule has 2 N–H and O–H groups in total. The van der Waals surface area contributed by atoms with Gasteiger partial charge < -0.3 is 10.1 Å². The fourth-order valence-corrected chi connectivity index (χ4v) is 1.41. The highest BCUT2D eigenvalue weighted by atomic mass is 127. The van der Waals surface area contributed by atoms with Crippen molar-refractivity contribution in [3.63, 3.8) is 0 Å². The van der Waals surface area contributed by atoms with Gasteiger partial charge in [0.15, 0.2) is 16.1 Å². The largest absolute Gasteiger partial charge is 0.450 e. The van der Waals surface area contributed by atoms with Gasteiger partial charge >= 0.3 is 6.09 Å². The van der Waals surface area contributed by atoms with Gasteiger partial charge in [0.2, 0.25) is 0 Å². The number of ether oxygens (including phenoxy) is 1. The molecule has 0 bridgehead atoms. The summed E-state index contributed by atoms with van der Waals surface area (Å²) in [7, 11) is 0. The number of thiocarbonyl (C=S) groups is 1. The fourth-order valence-electron chi connectivity index (χ4n) is 0.820. The maximum absolute atomic E-state index is 11.0. The van der Waals surface area contributed by atoms with Gasteiger partial charge in [-0.1, -0.05) is 11.6 Å². The van der Waals surface area contributed by atoms with Gasteiger partial charge in [-0.3, -0.25) is 5.32 Å². The second-order valence-electron chi connectivity index (χ2n) is 2.64. The lowest BCUT2D eigenvalue weighted by Gasteiger charge is -2.08. The number of hydrogen-bond acceptors (Lipinski definition) is 5. The second kappa shape index (κ2) is 6.87. The molecule has 1 rings (SSSR count). The molecule has 0 radical (unpaired) electrons. The highest BCUT2D eigenvalue weighted by Gasteiger charge is 2.07. The topological polar surface area (TPSA) is 76.1 Å². The maximum atomic E-state index is 11.0. The molecule has 0 atom stereocenters. The van der Waals surface area contributed by atoms with Gasteiger partial charge in [0.1, 0.15) is 3.70 Å². The zero-order chi connectivity index (χ0) is 12.8. The minimum Gasteiger partial charge on any atom is -0.450 e. The van der Waals surface area contributed by atoms with E-state index in [1.165, 1.54) is 6.20 Å². The summed E-state index contributed by atoms with van der Waals surface area (Å²) in [6.07, 6.45) is 0.821. The van der Waals surface area contributed by atoms with Crippen molar-refractivity contribution in [3.8, 4) is 0 Å². The molecule has 0 saturated carbocycles. The van der Waals surface area contributed by atoms with Gasteiger partial charge in [-0.05, 0) is 41.7 Å². The molecule has 6 nitrogen and oxygen atoms in total. The van der Waals surface area contributed by atoms with Crippen LogP contribution in [0.5, 0.6) is 0 Å². The van der Waals surface area contributed by atoms with E-state index in [0.717, 1.165) is 0 Å². The van der Waals surface area contributed by atoms with Crippen LogP contribution in [0.2, 0.25) is 5.15 Å². The molecule has 0 spiro atoms. The molecule has 1 aromatic rings. The SMILES string of the molecule is CCOC(=O)NC(=S)Nc1cnc(I)c(Cl)n1. The summed E-state index contributed by atoms with van der Waals surface area (Å²) in [5.41, 5.74) is 0. The lowest BCUT2D eigenvalue weighted by molar-refractivity contribution is 0.158. The van der Waals surface area contributed by atoms with E-state index in [9.17, 15) is 4.79 Å². The number of aromatic nitrogens is 2. The predicted molar refractivity (Wildman–Crippen MR) is 76.1 cm³/mol. The predicted octanol–water partition coefficient (Wildman–Crippen LogP) is 2.18. The molecular formula is C8H8ClIN4O2S. The van der Waals surface area contributed by atoms with Crippen LogP contribution >= 0.6 is 46.4 Å². The average Bonchev–Trinajstić information content (AvgIpc) is 2.23. The first kappa shape index (κ1) is 14.3. The number of nitrogens with zero attached hydrogens (tertiary/aromatic N) is 2. The molecule has 0 aliphatic heterocycles. The van der Waals surface area contributed by atoms with Crippen LogP contribution in [0.4, 0.5) is 10.6 Å². The Kier molecular flexibility index (Phi) is 5.78. The quantitative estimate of drug-likeness (QED) is 0.599. The first-order chi connectivity index (χ1) is 8.02. The smallest absolute Gasteiger partial charge is 0.413 e. The van der Waals surface area contributed by atoms with Gasteiger partial charge in [-0.15, -0.1) is 0 Å². The zero-order valence-electron chi connectivity index (χ0n) is 8.66. The van der Waals surface area contributed by atoms with E-state index in [4.69, 9.17) is 23.8 Å². The Morgan fingerprint density at radius 1 is 1.71 bits per heavy atom. The number of amides is 1. The van der Waals surface area contributed by atoms with Crippen LogP contribution in [-0.2, 0) is 4.74 Å². The van der Waals surface area contributed by atoms with E-state index in [2.05, 4.69) is 25.3 Å². The lowest BCUT2D eigenvalue weighted by Crippen LogP contribution is -2.34. The van der Waals surface area contributed by atoms with Crippen LogP contribution in [-0.4, -0.2) is 27.8 Å². The minimum atomic E-state index is -0.630. The van der Waals surface area contributed by atoms with E-state index in [1.54, 1.807) is 6.92 Å². The molecule has 0 fully saturated rings. The Hall–Kier alpha value is -0.740. The number of alkyl carbamates (subject to hydrolysis) is 1. The highest BCUT2D eigenvalue weighted by Crippen LogP contribution is 2.14. The molecule has 92 valence electrons. The van der Waals surface area contributed by atoms with Crippen LogP contribution in [0.25, 0.3) is 0 Å². The van der Waals surface area contributed by atoms with Crippen molar-refractivity contribution in [2.24, 2.45) is 0 Å². The summed E-state index contributed by atoms with van der Waals surface area (Å²) in [6.45, 7) is 1.96.